The number of hydrogen-bond donors (Lipinski definition) is 4. The van der Waals surface area contributed by atoms with Gasteiger partial charge in [0.1, 0.15) is 17.4 Å². The molecule has 8 nitrogen and oxygen atoms in total. The molecule has 1 amide bonds. The molecule has 9 heteroatoms. The van der Waals surface area contributed by atoms with Crippen molar-refractivity contribution in [2.24, 2.45) is 11.5 Å². The van der Waals surface area contributed by atoms with Crippen molar-refractivity contribution in [1.82, 2.24) is 0 Å². The molecule has 0 saturated carbocycles. The van der Waals surface area contributed by atoms with E-state index in [2.05, 4.69) is 19.6 Å². The molecule has 0 bridgehead atoms. The quantitative estimate of drug-likeness (QED) is 0.550. The van der Waals surface area contributed by atoms with Crippen LogP contribution < -0.4 is 16.2 Å². The van der Waals surface area contributed by atoms with Gasteiger partial charge in [-0.15, -0.1) is 0 Å². The van der Waals surface area contributed by atoms with E-state index in [-0.39, 0.29) is 12.0 Å². The fourth-order valence-corrected chi connectivity index (χ4v) is 3.79. The zero-order chi connectivity index (χ0) is 21.1. The number of fused-ring (bicyclic) bond motifs is 1. The third kappa shape index (κ3) is 5.67. The van der Waals surface area contributed by atoms with Crippen LogP contribution in [-0.2, 0) is 26.7 Å². The zero-order valence-corrected chi connectivity index (χ0v) is 17.2. The van der Waals surface area contributed by atoms with Gasteiger partial charge in [-0.05, 0) is 69.7 Å². The lowest BCUT2D eigenvalue weighted by Crippen LogP contribution is -2.34. The SMILES string of the molecule is Cc1c(C)c([SH](=O)=O)c(C)c2c1OC(C)(C)CC2.NC(=O)C[C@H](N)C(=O)O. The lowest BCUT2D eigenvalue weighted by molar-refractivity contribution is -0.140. The van der Waals surface area contributed by atoms with Crippen LogP contribution in [-0.4, -0.2) is 37.0 Å². The molecule has 0 aromatic heterocycles. The number of ether oxygens (including phenoxy) is 1. The number of primary amides is 1. The molecule has 0 aliphatic carbocycles. The van der Waals surface area contributed by atoms with Crippen molar-refractivity contribution >= 4 is 22.6 Å². The Labute approximate surface area is 160 Å². The highest BCUT2D eigenvalue weighted by Crippen LogP contribution is 2.41. The van der Waals surface area contributed by atoms with E-state index in [0.29, 0.717) is 4.90 Å². The molecule has 5 N–H and O–H groups in total. The summed E-state index contributed by atoms with van der Waals surface area (Å²) in [7, 11) is -2.55. The lowest BCUT2D eigenvalue weighted by atomic mass is 9.88. The van der Waals surface area contributed by atoms with Gasteiger partial charge in [-0.1, -0.05) is 0 Å². The van der Waals surface area contributed by atoms with Crippen molar-refractivity contribution in [2.75, 3.05) is 0 Å². The number of hydrogen-bond acceptors (Lipinski definition) is 6. The first kappa shape index (κ1) is 22.9. The molecule has 1 aromatic carbocycles. The van der Waals surface area contributed by atoms with Gasteiger partial charge in [0, 0.05) is 0 Å². The molecule has 1 aliphatic rings. The Morgan fingerprint density at radius 3 is 2.15 bits per heavy atom. The standard InChI is InChI=1S/C14H20O3S.C4H8N2O3/c1-8-9(2)13(18(15)16)10(3)11-6-7-14(4,5)17-12(8)11;5-2(4(8)9)1-3(6)7/h18H,6-7H2,1-5H3;2H,1,5H2,(H2,6,7)(H,8,9)/t;2-/m.0/s1. The van der Waals surface area contributed by atoms with Gasteiger partial charge in [0.2, 0.25) is 5.91 Å². The number of carbonyl (C=O) groups is 2. The molecule has 0 spiro atoms. The molecular weight excluding hydrogens is 372 g/mol. The van der Waals surface area contributed by atoms with Gasteiger partial charge >= 0.3 is 5.97 Å². The Hall–Kier alpha value is -2.13. The molecule has 152 valence electrons. The summed E-state index contributed by atoms with van der Waals surface area (Å²) < 4.78 is 28.9. The number of thiol groups is 1. The summed E-state index contributed by atoms with van der Waals surface area (Å²) in [6, 6.07) is -1.16. The maximum absolute atomic E-state index is 11.4. The normalized spacial score (nSPS) is 15.8. The van der Waals surface area contributed by atoms with Gasteiger partial charge in [0.25, 0.3) is 0 Å². The highest BCUT2D eigenvalue weighted by Gasteiger charge is 2.31. The molecule has 1 heterocycles. The number of rotatable bonds is 4. The second kappa shape index (κ2) is 8.71. The highest BCUT2D eigenvalue weighted by atomic mass is 32.2. The number of benzene rings is 1. The summed E-state index contributed by atoms with van der Waals surface area (Å²) in [6.45, 7) is 9.82. The molecule has 2 rings (SSSR count). The fraction of sp³-hybridized carbons (Fsp3) is 0.556. The van der Waals surface area contributed by atoms with Crippen LogP contribution in [0.25, 0.3) is 0 Å². The third-order valence-corrected chi connectivity index (χ3v) is 5.65. The van der Waals surface area contributed by atoms with Crippen LogP contribution in [0.2, 0.25) is 0 Å². The predicted octanol–water partition coefficient (Wildman–Crippen LogP) is 0.959. The van der Waals surface area contributed by atoms with Gasteiger partial charge in [-0.3, -0.25) is 9.59 Å². The van der Waals surface area contributed by atoms with Crippen molar-refractivity contribution in [3.05, 3.63) is 22.3 Å². The van der Waals surface area contributed by atoms with Crippen LogP contribution in [0.15, 0.2) is 4.90 Å². The maximum atomic E-state index is 11.4. The van der Waals surface area contributed by atoms with E-state index in [1.807, 2.05) is 20.8 Å². The maximum Gasteiger partial charge on any atom is 0.321 e. The number of nitrogens with two attached hydrogens (primary N) is 2. The average molecular weight is 400 g/mol. The van der Waals surface area contributed by atoms with Crippen LogP contribution in [0.3, 0.4) is 0 Å². The summed E-state index contributed by atoms with van der Waals surface area (Å²) in [5.74, 6) is -1.03. The van der Waals surface area contributed by atoms with Crippen molar-refractivity contribution in [2.45, 2.75) is 70.4 Å². The molecule has 0 fully saturated rings. The van der Waals surface area contributed by atoms with E-state index in [1.54, 1.807) is 0 Å². The Morgan fingerprint density at radius 2 is 1.74 bits per heavy atom. The molecule has 0 radical (unpaired) electrons. The smallest absolute Gasteiger partial charge is 0.321 e. The molecule has 1 aliphatic heterocycles. The summed E-state index contributed by atoms with van der Waals surface area (Å²) in [6.07, 6.45) is 1.49. The van der Waals surface area contributed by atoms with E-state index in [9.17, 15) is 18.0 Å². The van der Waals surface area contributed by atoms with Gasteiger partial charge in [-0.2, -0.15) is 0 Å². The van der Waals surface area contributed by atoms with Gasteiger partial charge in [-0.25, -0.2) is 8.42 Å². The van der Waals surface area contributed by atoms with Gasteiger partial charge < -0.3 is 21.3 Å². The number of amides is 1. The van der Waals surface area contributed by atoms with E-state index in [1.165, 1.54) is 0 Å². The van der Waals surface area contributed by atoms with Gasteiger partial charge in [0.05, 0.1) is 11.3 Å². The van der Waals surface area contributed by atoms with Gasteiger partial charge in [0.15, 0.2) is 10.7 Å². The minimum absolute atomic E-state index is 0.169. The number of carbonyl (C=O) groups excluding carboxylic acids is 1. The van der Waals surface area contributed by atoms with E-state index in [4.69, 9.17) is 15.6 Å². The second-order valence-corrected chi connectivity index (χ2v) is 8.23. The van der Waals surface area contributed by atoms with E-state index >= 15 is 0 Å². The average Bonchev–Trinajstić information content (AvgIpc) is 2.51. The van der Waals surface area contributed by atoms with Crippen molar-refractivity contribution in [3.63, 3.8) is 0 Å². The van der Waals surface area contributed by atoms with Crippen molar-refractivity contribution in [1.29, 1.82) is 0 Å². The Morgan fingerprint density at radius 1 is 1.19 bits per heavy atom. The fourth-order valence-electron chi connectivity index (χ4n) is 2.94. The summed E-state index contributed by atoms with van der Waals surface area (Å²) in [5.41, 5.74) is 13.1. The number of carboxylic acids is 1. The summed E-state index contributed by atoms with van der Waals surface area (Å²) in [4.78, 5) is 20.4. The van der Waals surface area contributed by atoms with E-state index < -0.39 is 28.6 Å². The van der Waals surface area contributed by atoms with Crippen molar-refractivity contribution < 1.29 is 27.9 Å². The van der Waals surface area contributed by atoms with Crippen LogP contribution in [0.4, 0.5) is 0 Å². The highest BCUT2D eigenvalue weighted by molar-refractivity contribution is 7.72. The first-order valence-electron chi connectivity index (χ1n) is 8.51. The third-order valence-electron chi connectivity index (χ3n) is 4.62. The van der Waals surface area contributed by atoms with Crippen LogP contribution >= 0.6 is 0 Å². The summed E-state index contributed by atoms with van der Waals surface area (Å²) in [5, 5.41) is 8.10. The van der Waals surface area contributed by atoms with Crippen LogP contribution in [0.5, 0.6) is 5.75 Å². The minimum atomic E-state index is -2.55. The minimum Gasteiger partial charge on any atom is -0.487 e. The van der Waals surface area contributed by atoms with E-state index in [0.717, 1.165) is 40.8 Å². The Bertz CT molecular complexity index is 822. The Kier molecular flexibility index (Phi) is 7.39. The Balaban J connectivity index is 0.000000345. The number of carboxylic acid groups (broad SMARTS) is 1. The van der Waals surface area contributed by atoms with Crippen LogP contribution in [0, 0.1) is 20.8 Å². The zero-order valence-electron chi connectivity index (χ0n) is 16.3. The summed E-state index contributed by atoms with van der Waals surface area (Å²) >= 11 is 0. The number of aliphatic carboxylic acids is 1. The molecular formula is C18H28N2O6S. The predicted molar refractivity (Wildman–Crippen MR) is 102 cm³/mol. The molecule has 0 unspecified atom stereocenters. The molecule has 0 saturated heterocycles. The second-order valence-electron chi connectivity index (χ2n) is 7.27. The molecule has 27 heavy (non-hydrogen) atoms. The first-order valence-corrected chi connectivity index (χ1v) is 9.69. The topological polar surface area (TPSA) is 150 Å². The molecule has 1 aromatic rings. The van der Waals surface area contributed by atoms with Crippen LogP contribution in [0.1, 0.15) is 48.9 Å². The molecule has 1 atom stereocenters. The largest absolute Gasteiger partial charge is 0.487 e. The monoisotopic (exact) mass is 400 g/mol. The first-order chi connectivity index (χ1) is 12.3. The van der Waals surface area contributed by atoms with Crippen molar-refractivity contribution in [3.8, 4) is 5.75 Å². The lowest BCUT2D eigenvalue weighted by Gasteiger charge is -2.35.